The number of rotatable bonds is 6. The number of aliphatic carboxylic acids is 1. The second-order valence-electron chi connectivity index (χ2n) is 4.33. The Morgan fingerprint density at radius 2 is 2.32 bits per heavy atom. The molecule has 0 aromatic carbocycles. The summed E-state index contributed by atoms with van der Waals surface area (Å²) in [5, 5.41) is 16.7. The van der Waals surface area contributed by atoms with Crippen LogP contribution in [0.1, 0.15) is 19.3 Å². The zero-order valence-corrected chi connectivity index (χ0v) is 11.6. The van der Waals surface area contributed by atoms with Crippen LogP contribution in [0.3, 0.4) is 0 Å². The third kappa shape index (κ3) is 5.82. The van der Waals surface area contributed by atoms with Gasteiger partial charge in [-0.05, 0) is 24.9 Å². The lowest BCUT2D eigenvalue weighted by atomic mass is 10.1. The summed E-state index contributed by atoms with van der Waals surface area (Å²) in [6.45, 7) is 0.384. The molecule has 0 bridgehead atoms. The molecule has 1 saturated heterocycles. The van der Waals surface area contributed by atoms with Gasteiger partial charge in [0.15, 0.2) is 0 Å². The summed E-state index contributed by atoms with van der Waals surface area (Å²) in [5.74, 6) is -0.403. The first-order chi connectivity index (χ1) is 9.02. The molecule has 7 nitrogen and oxygen atoms in total. The van der Waals surface area contributed by atoms with E-state index in [1.54, 1.807) is 0 Å². The molecule has 1 aliphatic heterocycles. The third-order valence-electron chi connectivity index (χ3n) is 2.81. The first kappa shape index (κ1) is 15.6. The maximum atomic E-state index is 11.7. The van der Waals surface area contributed by atoms with Gasteiger partial charge in [-0.2, -0.15) is 11.8 Å². The number of amides is 3. The molecule has 0 spiro atoms. The van der Waals surface area contributed by atoms with Crippen molar-refractivity contribution in [3.8, 4) is 0 Å². The van der Waals surface area contributed by atoms with Crippen LogP contribution in [0, 0.1) is 0 Å². The van der Waals surface area contributed by atoms with Crippen molar-refractivity contribution in [2.24, 2.45) is 0 Å². The van der Waals surface area contributed by atoms with Crippen LogP contribution < -0.4 is 16.0 Å². The molecule has 19 heavy (non-hydrogen) atoms. The van der Waals surface area contributed by atoms with Crippen molar-refractivity contribution >= 4 is 29.7 Å². The highest BCUT2D eigenvalue weighted by molar-refractivity contribution is 7.98. The summed E-state index contributed by atoms with van der Waals surface area (Å²) >= 11 is 1.53. The standard InChI is InChI=1S/C11H19N3O4S/c1-19-5-4-8(10(16)17)14-11(18)13-7-2-3-9(15)12-6-7/h7-8H,2-6H2,1H3,(H,12,15)(H,16,17)(H2,13,14,18)/t7?,8-/m1/s1. The van der Waals surface area contributed by atoms with Crippen LogP contribution in [0.2, 0.25) is 0 Å². The molecule has 1 aliphatic rings. The third-order valence-corrected chi connectivity index (χ3v) is 3.46. The number of hydrogen-bond donors (Lipinski definition) is 4. The Balaban J connectivity index is 2.35. The first-order valence-corrected chi connectivity index (χ1v) is 7.47. The van der Waals surface area contributed by atoms with Gasteiger partial charge < -0.3 is 21.1 Å². The molecule has 8 heteroatoms. The molecule has 0 radical (unpaired) electrons. The van der Waals surface area contributed by atoms with Gasteiger partial charge in [0.05, 0.1) is 0 Å². The summed E-state index contributed by atoms with van der Waals surface area (Å²) in [7, 11) is 0. The van der Waals surface area contributed by atoms with Gasteiger partial charge in [0.25, 0.3) is 0 Å². The van der Waals surface area contributed by atoms with E-state index in [4.69, 9.17) is 5.11 Å². The Labute approximate surface area is 115 Å². The highest BCUT2D eigenvalue weighted by atomic mass is 32.2. The van der Waals surface area contributed by atoms with Crippen molar-refractivity contribution in [1.29, 1.82) is 0 Å². The molecule has 1 unspecified atom stereocenters. The summed E-state index contributed by atoms with van der Waals surface area (Å²) in [4.78, 5) is 33.6. The Kier molecular flexibility index (Phi) is 6.48. The van der Waals surface area contributed by atoms with Gasteiger partial charge in [-0.1, -0.05) is 0 Å². The molecule has 0 aromatic rings. The largest absolute Gasteiger partial charge is 0.480 e. The van der Waals surface area contributed by atoms with E-state index < -0.39 is 18.0 Å². The fraction of sp³-hybridized carbons (Fsp3) is 0.727. The van der Waals surface area contributed by atoms with Crippen LogP contribution in [0.4, 0.5) is 4.79 Å². The zero-order valence-electron chi connectivity index (χ0n) is 10.8. The van der Waals surface area contributed by atoms with Gasteiger partial charge in [0, 0.05) is 19.0 Å². The fourth-order valence-corrected chi connectivity index (χ4v) is 2.21. The molecule has 0 aromatic heterocycles. The molecule has 0 aliphatic carbocycles. The predicted molar refractivity (Wildman–Crippen MR) is 72.1 cm³/mol. The summed E-state index contributed by atoms with van der Waals surface area (Å²) in [6.07, 6.45) is 3.20. The molecule has 1 heterocycles. The lowest BCUT2D eigenvalue weighted by Crippen LogP contribution is -2.53. The van der Waals surface area contributed by atoms with E-state index >= 15 is 0 Å². The van der Waals surface area contributed by atoms with Crippen molar-refractivity contribution in [1.82, 2.24) is 16.0 Å². The van der Waals surface area contributed by atoms with Gasteiger partial charge in [-0.3, -0.25) is 4.79 Å². The molecular formula is C11H19N3O4S. The number of nitrogens with one attached hydrogen (secondary N) is 3. The smallest absolute Gasteiger partial charge is 0.326 e. The average molecular weight is 289 g/mol. The maximum absolute atomic E-state index is 11.7. The zero-order chi connectivity index (χ0) is 14.3. The van der Waals surface area contributed by atoms with Crippen molar-refractivity contribution in [3.05, 3.63) is 0 Å². The minimum absolute atomic E-state index is 0.0261. The topological polar surface area (TPSA) is 108 Å². The van der Waals surface area contributed by atoms with Crippen LogP contribution >= 0.6 is 11.8 Å². The van der Waals surface area contributed by atoms with Crippen molar-refractivity contribution < 1.29 is 19.5 Å². The molecule has 2 atom stereocenters. The highest BCUT2D eigenvalue weighted by Crippen LogP contribution is 2.04. The Bertz CT molecular complexity index is 341. The fourth-order valence-electron chi connectivity index (χ4n) is 1.73. The van der Waals surface area contributed by atoms with Crippen LogP contribution in [0.5, 0.6) is 0 Å². The Morgan fingerprint density at radius 1 is 1.58 bits per heavy atom. The number of hydrogen-bond acceptors (Lipinski definition) is 4. The monoisotopic (exact) mass is 289 g/mol. The average Bonchev–Trinajstić information content (AvgIpc) is 2.37. The van der Waals surface area contributed by atoms with E-state index in [1.807, 2.05) is 6.26 Å². The second kappa shape index (κ2) is 7.88. The second-order valence-corrected chi connectivity index (χ2v) is 5.32. The number of urea groups is 1. The van der Waals surface area contributed by atoms with E-state index in [-0.39, 0.29) is 11.9 Å². The summed E-state index contributed by atoms with van der Waals surface area (Å²) in [6, 6.07) is -1.53. The SMILES string of the molecule is CSCC[C@@H](NC(=O)NC1CCC(=O)NC1)C(=O)O. The van der Waals surface area contributed by atoms with Gasteiger partial charge in [0.1, 0.15) is 6.04 Å². The number of thioether (sulfide) groups is 1. The molecule has 1 rings (SSSR count). The maximum Gasteiger partial charge on any atom is 0.326 e. The van der Waals surface area contributed by atoms with Crippen LogP contribution in [-0.2, 0) is 9.59 Å². The predicted octanol–water partition coefficient (Wildman–Crippen LogP) is -0.229. The first-order valence-electron chi connectivity index (χ1n) is 6.08. The van der Waals surface area contributed by atoms with E-state index in [0.29, 0.717) is 31.6 Å². The van der Waals surface area contributed by atoms with E-state index in [9.17, 15) is 14.4 Å². The normalized spacial score (nSPS) is 20.3. The minimum Gasteiger partial charge on any atom is -0.480 e. The van der Waals surface area contributed by atoms with E-state index in [2.05, 4.69) is 16.0 Å². The minimum atomic E-state index is -1.04. The number of carbonyl (C=O) groups excluding carboxylic acids is 2. The number of piperidine rings is 1. The number of carboxylic acids is 1. The quantitative estimate of drug-likeness (QED) is 0.540. The van der Waals surface area contributed by atoms with Crippen LogP contribution in [0.25, 0.3) is 0 Å². The highest BCUT2D eigenvalue weighted by Gasteiger charge is 2.23. The molecule has 4 N–H and O–H groups in total. The van der Waals surface area contributed by atoms with Gasteiger partial charge in [-0.15, -0.1) is 0 Å². The van der Waals surface area contributed by atoms with Crippen molar-refractivity contribution in [2.75, 3.05) is 18.6 Å². The van der Waals surface area contributed by atoms with Crippen molar-refractivity contribution in [3.63, 3.8) is 0 Å². The van der Waals surface area contributed by atoms with Crippen LogP contribution in [-0.4, -0.2) is 53.7 Å². The lowest BCUT2D eigenvalue weighted by molar-refractivity contribution is -0.139. The summed E-state index contributed by atoms with van der Waals surface area (Å²) < 4.78 is 0. The molecular weight excluding hydrogens is 270 g/mol. The molecule has 0 saturated carbocycles. The molecule has 108 valence electrons. The number of carbonyl (C=O) groups is 3. The van der Waals surface area contributed by atoms with E-state index in [1.165, 1.54) is 11.8 Å². The van der Waals surface area contributed by atoms with Gasteiger partial charge in [-0.25, -0.2) is 9.59 Å². The molecule has 1 fully saturated rings. The Morgan fingerprint density at radius 3 is 2.84 bits per heavy atom. The van der Waals surface area contributed by atoms with Crippen molar-refractivity contribution in [2.45, 2.75) is 31.3 Å². The summed E-state index contributed by atoms with van der Waals surface area (Å²) in [5.41, 5.74) is 0. The lowest BCUT2D eigenvalue weighted by Gasteiger charge is -2.24. The van der Waals surface area contributed by atoms with Gasteiger partial charge in [0.2, 0.25) is 5.91 Å². The van der Waals surface area contributed by atoms with E-state index in [0.717, 1.165) is 0 Å². The Hall–Kier alpha value is -1.44. The van der Waals surface area contributed by atoms with Gasteiger partial charge >= 0.3 is 12.0 Å². The van der Waals surface area contributed by atoms with Crippen LogP contribution in [0.15, 0.2) is 0 Å². The number of carboxylic acid groups (broad SMARTS) is 1. The molecule has 3 amide bonds.